The summed E-state index contributed by atoms with van der Waals surface area (Å²) in [5.41, 5.74) is 8.28. The minimum absolute atomic E-state index is 0.160. The Kier molecular flexibility index (Phi) is 61.3. The fraction of sp³-hybridized carbons (Fsp3) is 0.766. The third kappa shape index (κ3) is 80.1. The highest BCUT2D eigenvalue weighted by molar-refractivity contribution is 7.97. The van der Waals surface area contributed by atoms with Crippen LogP contribution in [0.4, 0.5) is 4.79 Å². The van der Waals surface area contributed by atoms with Crippen LogP contribution in [0.15, 0.2) is 48.5 Å². The Morgan fingerprint density at radius 1 is 0.587 bits per heavy atom. The summed E-state index contributed by atoms with van der Waals surface area (Å²) in [5, 5.41) is 0. The summed E-state index contributed by atoms with van der Waals surface area (Å²) < 4.78 is 35.7. The molecule has 0 heterocycles. The second-order valence-corrected chi connectivity index (χ2v) is 27.6. The average molecular weight is 1100 g/mol. The molecule has 5 rings (SSSR count). The highest BCUT2D eigenvalue weighted by atomic mass is 32.2. The normalized spacial score (nSPS) is 14.0. The quantitative estimate of drug-likeness (QED) is 0.255. The van der Waals surface area contributed by atoms with Crippen LogP contribution in [0.5, 0.6) is 0 Å². The second-order valence-electron chi connectivity index (χ2n) is 24.5. The number of thioether (sulfide) groups is 1. The summed E-state index contributed by atoms with van der Waals surface area (Å²) >= 11 is 1.75. The number of hydrogen-bond acceptors (Lipinski definition) is 10. The lowest BCUT2D eigenvalue weighted by molar-refractivity contribution is -0.138. The maximum Gasteiger partial charge on any atom is 0.507 e. The zero-order valence-electron chi connectivity index (χ0n) is 55.2. The molecule has 0 radical (unpaired) electrons. The van der Waals surface area contributed by atoms with Gasteiger partial charge in [-0.15, -0.1) is 0 Å². The van der Waals surface area contributed by atoms with Crippen molar-refractivity contribution in [2.24, 2.45) is 27.6 Å². The Morgan fingerprint density at radius 2 is 0.787 bits per heavy atom. The van der Waals surface area contributed by atoms with Gasteiger partial charge in [0.2, 0.25) is 0 Å². The number of rotatable bonds is 1. The molecule has 2 aromatic carbocycles. The van der Waals surface area contributed by atoms with Gasteiger partial charge in [-0.05, 0) is 95.0 Å². The van der Waals surface area contributed by atoms with Crippen molar-refractivity contribution >= 4 is 39.5 Å². The molecule has 3 aliphatic carbocycles. The van der Waals surface area contributed by atoms with Crippen LogP contribution in [0.2, 0.25) is 0 Å². The third-order valence-electron chi connectivity index (χ3n) is 9.83. The first-order valence-corrected chi connectivity index (χ1v) is 31.3. The SMILES string of the molecule is CC(C)(C)C.CC(C)C.CC1(C)CCCC1.CC1(C)CCCCC1.CC1(C)c2ccccc2-c2ccccc21.CCC.CCC(C)(C)C.CCC(C)=O.COC.COC(=O)OC.COC(C)=O.CS(C)(=O)=O.CSC. The number of sulfone groups is 1. The molecular formula is C64H126O9S2. The lowest BCUT2D eigenvalue weighted by atomic mass is 9.78. The van der Waals surface area contributed by atoms with Gasteiger partial charge in [0.15, 0.2) is 0 Å². The van der Waals surface area contributed by atoms with Crippen molar-refractivity contribution < 1.29 is 41.7 Å². The smallest absolute Gasteiger partial charge is 0.469 e. The first-order chi connectivity index (χ1) is 34.0. The van der Waals surface area contributed by atoms with Crippen LogP contribution in [0.3, 0.4) is 0 Å². The summed E-state index contributed by atoms with van der Waals surface area (Å²) in [6, 6.07) is 17.4. The molecule has 0 unspecified atom stereocenters. The van der Waals surface area contributed by atoms with Crippen LogP contribution in [0, 0.1) is 27.6 Å². The van der Waals surface area contributed by atoms with Gasteiger partial charge in [-0.3, -0.25) is 4.79 Å². The van der Waals surface area contributed by atoms with Crippen molar-refractivity contribution in [3.8, 4) is 11.1 Å². The van der Waals surface area contributed by atoms with E-state index in [4.69, 9.17) is 0 Å². The standard InChI is InChI=1S/C15H14.C8H16.C7H14.C6H14.C5H12.C4H8O.C4H10.C3H6O3.C3H6O2.C3H8.C2H6O2S.C2H6O.C2H6S/c1-15(2)13-9-5-3-7-11(13)12-8-4-6-10-14(12)15;1-8(2)6-4-3-5-7-8;1-7(2)5-3-4-6-7;1-5-6(2,3)4;1-5(2,3)4;1-3-4(2)5;1-4(2)3;1-5-3(4)6-2;1-3(4)5-2;1-3-2;1-5(2,3)4;2*1-3-2/h3-10H,1-2H3;3-7H2,1-2H3;3-6H2,1-2H3;5H2,1-4H3;1-4H3;3H2,1-2H3;4H,1-3H3;1-2H3;1-2H3;3H2,1-2H3;1-2H3;2*1-2H3. The number of carbonyl (C=O) groups is 3. The molecule has 0 amide bonds. The van der Waals surface area contributed by atoms with E-state index in [0.29, 0.717) is 28.1 Å². The molecule has 0 bridgehead atoms. The molecule has 0 spiro atoms. The number of ether oxygens (including phenoxy) is 4. The van der Waals surface area contributed by atoms with Crippen molar-refractivity contribution in [2.45, 2.75) is 235 Å². The van der Waals surface area contributed by atoms with Crippen molar-refractivity contribution in [1.29, 1.82) is 0 Å². The first kappa shape index (κ1) is 88.7. The molecule has 11 heteroatoms. The van der Waals surface area contributed by atoms with Gasteiger partial charge < -0.3 is 23.7 Å². The minimum Gasteiger partial charge on any atom is -0.469 e. The predicted molar refractivity (Wildman–Crippen MR) is 336 cm³/mol. The van der Waals surface area contributed by atoms with Crippen LogP contribution >= 0.6 is 11.8 Å². The number of fused-ring (bicyclic) bond motifs is 3. The van der Waals surface area contributed by atoms with E-state index in [1.165, 1.54) is 121 Å². The molecule has 3 aliphatic rings. The van der Waals surface area contributed by atoms with E-state index in [-0.39, 0.29) is 17.2 Å². The fourth-order valence-electron chi connectivity index (χ4n) is 5.60. The molecule has 0 aromatic heterocycles. The van der Waals surface area contributed by atoms with E-state index in [1.54, 1.807) is 32.9 Å². The monoisotopic (exact) mass is 1100 g/mol. The number of benzene rings is 2. The lowest BCUT2D eigenvalue weighted by Gasteiger charge is -2.28. The Bertz CT molecular complexity index is 1610. The molecule has 2 aromatic rings. The summed E-state index contributed by atoms with van der Waals surface area (Å²) in [7, 11) is 4.44. The molecule has 0 aliphatic heterocycles. The largest absolute Gasteiger partial charge is 0.507 e. The third-order valence-corrected chi connectivity index (χ3v) is 9.83. The molecule has 0 saturated heterocycles. The number of esters is 1. The number of ketones is 1. The van der Waals surface area contributed by atoms with Crippen LogP contribution in [0.25, 0.3) is 11.1 Å². The molecule has 9 nitrogen and oxygen atoms in total. The van der Waals surface area contributed by atoms with Gasteiger partial charge in [0.1, 0.15) is 15.6 Å². The Hall–Kier alpha value is -2.89. The molecule has 2 fully saturated rings. The predicted octanol–water partition coefficient (Wildman–Crippen LogP) is 19.6. The maximum absolute atomic E-state index is 9.81. The van der Waals surface area contributed by atoms with Gasteiger partial charge in [0.25, 0.3) is 0 Å². The van der Waals surface area contributed by atoms with Gasteiger partial charge in [-0.1, -0.05) is 232 Å². The Balaban J connectivity index is -0.000000112. The Morgan fingerprint density at radius 3 is 0.907 bits per heavy atom. The molecule has 2 saturated carbocycles. The van der Waals surface area contributed by atoms with Crippen LogP contribution in [0.1, 0.15) is 240 Å². The van der Waals surface area contributed by atoms with Gasteiger partial charge >= 0.3 is 12.1 Å². The van der Waals surface area contributed by atoms with Gasteiger partial charge in [0.05, 0.1) is 21.3 Å². The summed E-state index contributed by atoms with van der Waals surface area (Å²) in [6.07, 6.45) is 22.1. The van der Waals surface area contributed by atoms with E-state index in [2.05, 4.69) is 199 Å². The highest BCUT2D eigenvalue weighted by Crippen LogP contribution is 2.48. The molecule has 0 atom stereocenters. The minimum atomic E-state index is -2.67. The van der Waals surface area contributed by atoms with Gasteiger partial charge in [-0.25, -0.2) is 13.2 Å². The summed E-state index contributed by atoms with van der Waals surface area (Å²) in [5.74, 6) is 0.843. The van der Waals surface area contributed by atoms with E-state index >= 15 is 0 Å². The Labute approximate surface area is 472 Å². The van der Waals surface area contributed by atoms with Crippen molar-refractivity contribution in [3.05, 3.63) is 59.7 Å². The molecular weight excluding hydrogens is 977 g/mol. The average Bonchev–Trinajstić information content (AvgIpc) is 3.79. The maximum atomic E-state index is 9.81. The van der Waals surface area contributed by atoms with Crippen LogP contribution in [-0.4, -0.2) is 86.9 Å². The first-order valence-electron chi connectivity index (χ1n) is 27.3. The number of carbonyl (C=O) groups excluding carboxylic acids is 3. The number of hydrogen-bond donors (Lipinski definition) is 0. The van der Waals surface area contributed by atoms with Crippen molar-refractivity contribution in [3.63, 3.8) is 0 Å². The highest BCUT2D eigenvalue weighted by Gasteiger charge is 2.34. The van der Waals surface area contributed by atoms with Crippen molar-refractivity contribution in [2.75, 3.05) is 60.6 Å². The lowest BCUT2D eigenvalue weighted by Crippen LogP contribution is -2.14. The van der Waals surface area contributed by atoms with E-state index in [0.717, 1.165) is 18.4 Å². The number of Topliss-reactive ketones (excluding diaryl/α,β-unsaturated/α-hetero) is 1. The van der Waals surface area contributed by atoms with Gasteiger partial charge in [-0.2, -0.15) is 11.8 Å². The zero-order chi connectivity index (χ0) is 61.3. The number of methoxy groups -OCH3 is 4. The van der Waals surface area contributed by atoms with Crippen molar-refractivity contribution in [1.82, 2.24) is 0 Å². The summed E-state index contributed by atoms with van der Waals surface area (Å²) in [4.78, 5) is 29.1. The van der Waals surface area contributed by atoms with Crippen LogP contribution in [-0.2, 0) is 43.8 Å². The topological polar surface area (TPSA) is 122 Å². The summed E-state index contributed by atoms with van der Waals surface area (Å²) in [6.45, 7) is 47.3. The molecule has 75 heavy (non-hydrogen) atoms. The molecule has 0 N–H and O–H groups in total. The van der Waals surface area contributed by atoms with E-state index in [1.807, 2.05) is 19.4 Å². The van der Waals surface area contributed by atoms with Crippen LogP contribution < -0.4 is 0 Å². The molecule has 448 valence electrons. The van der Waals surface area contributed by atoms with Gasteiger partial charge in [0, 0.05) is 45.5 Å². The second kappa shape index (κ2) is 51.8. The fourth-order valence-corrected chi connectivity index (χ4v) is 5.60. The van der Waals surface area contributed by atoms with E-state index < -0.39 is 16.0 Å². The van der Waals surface area contributed by atoms with E-state index in [9.17, 15) is 22.8 Å². The zero-order valence-corrected chi connectivity index (χ0v) is 56.8.